The molecular formula is C9H18O. The Kier molecular flexibility index (Phi) is 6.35. The third-order valence-corrected chi connectivity index (χ3v) is 1.54. The van der Waals surface area contributed by atoms with Crippen LogP contribution in [-0.2, 0) is 4.74 Å². The Balaban J connectivity index is 3.43. The van der Waals surface area contributed by atoms with Crippen molar-refractivity contribution in [2.75, 3.05) is 7.11 Å². The standard InChI is InChI=1S/C9H18O/c1-4-6-7-8-9(5-2)10-3/h8H,4-7H2,1-3H3/b9-8-. The summed E-state index contributed by atoms with van der Waals surface area (Å²) < 4.78 is 5.11. The second kappa shape index (κ2) is 6.66. The SMILES string of the molecule is CCCC/C=C(/CC)OC. The predicted octanol–water partition coefficient (Wildman–Crippen LogP) is 3.12. The van der Waals surface area contributed by atoms with Crippen molar-refractivity contribution < 1.29 is 4.74 Å². The predicted molar refractivity (Wildman–Crippen MR) is 44.9 cm³/mol. The van der Waals surface area contributed by atoms with Crippen LogP contribution in [0.25, 0.3) is 0 Å². The van der Waals surface area contributed by atoms with Crippen LogP contribution in [0, 0.1) is 0 Å². The fraction of sp³-hybridized carbons (Fsp3) is 0.778. The van der Waals surface area contributed by atoms with Crippen LogP contribution >= 0.6 is 0 Å². The number of hydrogen-bond acceptors (Lipinski definition) is 1. The van der Waals surface area contributed by atoms with Gasteiger partial charge in [0, 0.05) is 6.42 Å². The maximum absolute atomic E-state index is 5.11. The molecule has 0 aromatic carbocycles. The normalized spacial score (nSPS) is 11.7. The minimum atomic E-state index is 1.01. The summed E-state index contributed by atoms with van der Waals surface area (Å²) in [4.78, 5) is 0. The number of methoxy groups -OCH3 is 1. The number of unbranched alkanes of at least 4 members (excludes halogenated alkanes) is 2. The van der Waals surface area contributed by atoms with E-state index in [9.17, 15) is 0 Å². The summed E-state index contributed by atoms with van der Waals surface area (Å²) in [5.41, 5.74) is 0. The molecular weight excluding hydrogens is 124 g/mol. The van der Waals surface area contributed by atoms with Gasteiger partial charge in [0.25, 0.3) is 0 Å². The summed E-state index contributed by atoms with van der Waals surface area (Å²) in [5.74, 6) is 1.12. The Morgan fingerprint density at radius 2 is 2.10 bits per heavy atom. The average Bonchev–Trinajstić information content (AvgIpc) is 1.99. The zero-order chi connectivity index (χ0) is 7.82. The highest BCUT2D eigenvalue weighted by atomic mass is 16.5. The van der Waals surface area contributed by atoms with Gasteiger partial charge in [-0.2, -0.15) is 0 Å². The van der Waals surface area contributed by atoms with E-state index in [0.29, 0.717) is 0 Å². The third-order valence-electron chi connectivity index (χ3n) is 1.54. The van der Waals surface area contributed by atoms with Crippen LogP contribution in [0.5, 0.6) is 0 Å². The number of hydrogen-bond donors (Lipinski definition) is 0. The van der Waals surface area contributed by atoms with E-state index in [2.05, 4.69) is 19.9 Å². The molecule has 1 heteroatoms. The molecule has 10 heavy (non-hydrogen) atoms. The topological polar surface area (TPSA) is 9.23 Å². The van der Waals surface area contributed by atoms with Crippen LogP contribution in [0.1, 0.15) is 39.5 Å². The van der Waals surface area contributed by atoms with E-state index in [-0.39, 0.29) is 0 Å². The fourth-order valence-electron chi connectivity index (χ4n) is 0.839. The van der Waals surface area contributed by atoms with Gasteiger partial charge in [-0.05, 0) is 18.9 Å². The first-order valence-electron chi connectivity index (χ1n) is 4.08. The molecule has 0 heterocycles. The molecule has 0 aliphatic heterocycles. The van der Waals surface area contributed by atoms with Gasteiger partial charge >= 0.3 is 0 Å². The maximum Gasteiger partial charge on any atom is 0.0912 e. The lowest BCUT2D eigenvalue weighted by molar-refractivity contribution is 0.278. The van der Waals surface area contributed by atoms with E-state index >= 15 is 0 Å². The molecule has 1 nitrogen and oxygen atoms in total. The molecule has 0 fully saturated rings. The molecule has 0 aromatic heterocycles. The Morgan fingerprint density at radius 1 is 1.40 bits per heavy atom. The van der Waals surface area contributed by atoms with Crippen LogP contribution in [-0.4, -0.2) is 7.11 Å². The minimum Gasteiger partial charge on any atom is -0.501 e. The third kappa shape index (κ3) is 4.42. The van der Waals surface area contributed by atoms with E-state index in [1.165, 1.54) is 12.8 Å². The Hall–Kier alpha value is -0.460. The van der Waals surface area contributed by atoms with E-state index in [4.69, 9.17) is 4.74 Å². The lowest BCUT2D eigenvalue weighted by Gasteiger charge is -2.00. The van der Waals surface area contributed by atoms with Crippen LogP contribution < -0.4 is 0 Å². The zero-order valence-electron chi connectivity index (χ0n) is 7.31. The van der Waals surface area contributed by atoms with Gasteiger partial charge in [-0.25, -0.2) is 0 Å². The van der Waals surface area contributed by atoms with Crippen LogP contribution in [0.3, 0.4) is 0 Å². The zero-order valence-corrected chi connectivity index (χ0v) is 7.31. The van der Waals surface area contributed by atoms with E-state index < -0.39 is 0 Å². The van der Waals surface area contributed by atoms with Crippen molar-refractivity contribution in [2.24, 2.45) is 0 Å². The summed E-state index contributed by atoms with van der Waals surface area (Å²) >= 11 is 0. The van der Waals surface area contributed by atoms with Gasteiger partial charge in [0.15, 0.2) is 0 Å². The van der Waals surface area contributed by atoms with E-state index in [1.54, 1.807) is 7.11 Å². The lowest BCUT2D eigenvalue weighted by Crippen LogP contribution is -1.83. The van der Waals surface area contributed by atoms with Gasteiger partial charge in [-0.15, -0.1) is 0 Å². The molecule has 60 valence electrons. The lowest BCUT2D eigenvalue weighted by atomic mass is 10.2. The second-order valence-electron chi connectivity index (χ2n) is 2.37. The molecule has 0 atom stereocenters. The maximum atomic E-state index is 5.11. The van der Waals surface area contributed by atoms with Crippen molar-refractivity contribution in [1.29, 1.82) is 0 Å². The molecule has 0 radical (unpaired) electrons. The summed E-state index contributed by atoms with van der Waals surface area (Å²) in [5, 5.41) is 0. The largest absolute Gasteiger partial charge is 0.501 e. The summed E-state index contributed by atoms with van der Waals surface area (Å²) in [7, 11) is 1.74. The highest BCUT2D eigenvalue weighted by Crippen LogP contribution is 2.04. The monoisotopic (exact) mass is 142 g/mol. The highest BCUT2D eigenvalue weighted by molar-refractivity contribution is 4.90. The molecule has 0 unspecified atom stereocenters. The molecule has 0 aliphatic rings. The smallest absolute Gasteiger partial charge is 0.0912 e. The number of allylic oxidation sites excluding steroid dienone is 2. The quantitative estimate of drug-likeness (QED) is 0.423. The minimum absolute atomic E-state index is 1.01. The van der Waals surface area contributed by atoms with Gasteiger partial charge in [0.2, 0.25) is 0 Å². The van der Waals surface area contributed by atoms with Crippen molar-refractivity contribution in [2.45, 2.75) is 39.5 Å². The van der Waals surface area contributed by atoms with E-state index in [0.717, 1.165) is 18.6 Å². The first-order valence-corrected chi connectivity index (χ1v) is 4.08. The van der Waals surface area contributed by atoms with Crippen molar-refractivity contribution in [3.05, 3.63) is 11.8 Å². The molecule has 0 aromatic rings. The van der Waals surface area contributed by atoms with Crippen LogP contribution in [0.15, 0.2) is 11.8 Å². The van der Waals surface area contributed by atoms with Gasteiger partial charge in [0.1, 0.15) is 0 Å². The first kappa shape index (κ1) is 9.54. The average molecular weight is 142 g/mol. The van der Waals surface area contributed by atoms with Gasteiger partial charge < -0.3 is 4.74 Å². The Morgan fingerprint density at radius 3 is 2.50 bits per heavy atom. The molecule has 0 aliphatic carbocycles. The van der Waals surface area contributed by atoms with Gasteiger partial charge in [-0.1, -0.05) is 20.3 Å². The van der Waals surface area contributed by atoms with Crippen molar-refractivity contribution in [3.8, 4) is 0 Å². The highest BCUT2D eigenvalue weighted by Gasteiger charge is 1.88. The van der Waals surface area contributed by atoms with Crippen LogP contribution in [0.4, 0.5) is 0 Å². The molecule has 0 saturated heterocycles. The fourth-order valence-corrected chi connectivity index (χ4v) is 0.839. The summed E-state index contributed by atoms with van der Waals surface area (Å²) in [6, 6.07) is 0. The molecule has 0 rings (SSSR count). The molecule has 0 amide bonds. The summed E-state index contributed by atoms with van der Waals surface area (Å²) in [6.45, 7) is 4.31. The van der Waals surface area contributed by atoms with Crippen molar-refractivity contribution in [3.63, 3.8) is 0 Å². The van der Waals surface area contributed by atoms with Gasteiger partial charge in [-0.3, -0.25) is 0 Å². The van der Waals surface area contributed by atoms with E-state index in [1.807, 2.05) is 0 Å². The van der Waals surface area contributed by atoms with Crippen molar-refractivity contribution >= 4 is 0 Å². The van der Waals surface area contributed by atoms with Gasteiger partial charge in [0.05, 0.1) is 12.9 Å². The Bertz CT molecular complexity index is 88.9. The summed E-state index contributed by atoms with van der Waals surface area (Å²) in [6.07, 6.45) is 6.89. The molecule has 0 N–H and O–H groups in total. The van der Waals surface area contributed by atoms with Crippen molar-refractivity contribution in [1.82, 2.24) is 0 Å². The second-order valence-corrected chi connectivity index (χ2v) is 2.37. The molecule has 0 bridgehead atoms. The molecule has 0 spiro atoms. The van der Waals surface area contributed by atoms with Crippen LogP contribution in [0.2, 0.25) is 0 Å². The number of rotatable bonds is 5. The first-order chi connectivity index (χ1) is 4.85. The molecule has 0 saturated carbocycles. The Labute approximate surface area is 64.1 Å². The number of ether oxygens (including phenoxy) is 1.